The molecule has 8 nitrogen and oxygen atoms in total. The van der Waals surface area contributed by atoms with Gasteiger partial charge in [-0.2, -0.15) is 10.4 Å². The van der Waals surface area contributed by atoms with E-state index in [1.54, 1.807) is 10.8 Å². The fraction of sp³-hybridized carbons (Fsp3) is 0.238. The molecule has 3 rings (SSSR count). The van der Waals surface area contributed by atoms with Crippen LogP contribution in [0.4, 0.5) is 0 Å². The van der Waals surface area contributed by atoms with Crippen molar-refractivity contribution in [2.75, 3.05) is 0 Å². The number of nitriles is 1. The van der Waals surface area contributed by atoms with Gasteiger partial charge < -0.3 is 4.57 Å². The Balaban J connectivity index is 1.61. The molecule has 3 aromatic rings. The van der Waals surface area contributed by atoms with Crippen LogP contribution in [0.25, 0.3) is 17.0 Å². The van der Waals surface area contributed by atoms with Crippen LogP contribution in [-0.4, -0.2) is 26.2 Å². The molecule has 0 aliphatic heterocycles. The number of hydrazine groups is 1. The van der Waals surface area contributed by atoms with Gasteiger partial charge in [0.1, 0.15) is 6.54 Å². The first-order valence-electron chi connectivity index (χ1n) is 9.20. The lowest BCUT2D eigenvalue weighted by molar-refractivity contribution is -0.127. The lowest BCUT2D eigenvalue weighted by Gasteiger charge is -2.06. The maximum atomic E-state index is 12.1. The first kappa shape index (κ1) is 19.9. The van der Waals surface area contributed by atoms with Crippen LogP contribution in [0.1, 0.15) is 23.4 Å². The molecule has 8 heteroatoms. The average molecular weight is 390 g/mol. The largest absolute Gasteiger partial charge is 0.346 e. The van der Waals surface area contributed by atoms with Crippen LogP contribution in [0.3, 0.4) is 0 Å². The summed E-state index contributed by atoms with van der Waals surface area (Å²) in [6.07, 6.45) is 5.37. The molecule has 2 heterocycles. The highest BCUT2D eigenvalue weighted by atomic mass is 16.2. The molecule has 0 aliphatic carbocycles. The lowest BCUT2D eigenvalue weighted by Crippen LogP contribution is -2.42. The summed E-state index contributed by atoms with van der Waals surface area (Å²) >= 11 is 0. The van der Waals surface area contributed by atoms with E-state index < -0.39 is 5.91 Å². The standard InChI is InChI=1S/C21H22N6O2/c1-15-12-16(2)27(25-15)14-21(29)24-23-20(28)9-8-17-13-26(11-5-10-22)19-7-4-3-6-18(17)19/h3-4,6-9,12-13H,5,11,14H2,1-2H3,(H,23,28)(H,24,29)/b9-8+. The fourth-order valence-electron chi connectivity index (χ4n) is 3.11. The summed E-state index contributed by atoms with van der Waals surface area (Å²) in [6.45, 7) is 4.32. The van der Waals surface area contributed by atoms with Gasteiger partial charge in [-0.25, -0.2) is 0 Å². The summed E-state index contributed by atoms with van der Waals surface area (Å²) in [5.74, 6) is -0.813. The number of carbonyl (C=O) groups is 2. The smallest absolute Gasteiger partial charge is 0.262 e. The summed E-state index contributed by atoms with van der Waals surface area (Å²) in [6, 6.07) is 11.8. The minimum Gasteiger partial charge on any atom is -0.346 e. The van der Waals surface area contributed by atoms with E-state index in [1.807, 2.05) is 54.9 Å². The second kappa shape index (κ2) is 8.89. The summed E-state index contributed by atoms with van der Waals surface area (Å²) in [5, 5.41) is 14.0. The normalized spacial score (nSPS) is 10.9. The number of rotatable bonds is 6. The van der Waals surface area contributed by atoms with E-state index in [2.05, 4.69) is 22.0 Å². The number of aromatic nitrogens is 3. The number of nitrogens with one attached hydrogen (secondary N) is 2. The summed E-state index contributed by atoms with van der Waals surface area (Å²) in [4.78, 5) is 24.1. The van der Waals surface area contributed by atoms with E-state index in [0.717, 1.165) is 27.9 Å². The molecule has 0 unspecified atom stereocenters. The molecule has 0 spiro atoms. The van der Waals surface area contributed by atoms with Crippen molar-refractivity contribution in [3.05, 3.63) is 59.6 Å². The molecule has 2 N–H and O–H groups in total. The third-order valence-electron chi connectivity index (χ3n) is 4.42. The molecule has 0 atom stereocenters. The molecule has 1 aromatic carbocycles. The van der Waals surface area contributed by atoms with E-state index in [0.29, 0.717) is 13.0 Å². The van der Waals surface area contributed by atoms with Gasteiger partial charge in [0.2, 0.25) is 0 Å². The Kier molecular flexibility index (Phi) is 6.09. The van der Waals surface area contributed by atoms with Crippen LogP contribution in [0.2, 0.25) is 0 Å². The van der Waals surface area contributed by atoms with Crippen LogP contribution in [0.5, 0.6) is 0 Å². The van der Waals surface area contributed by atoms with Crippen molar-refractivity contribution in [2.45, 2.75) is 33.4 Å². The number of hydrogen-bond donors (Lipinski definition) is 2. The molecular weight excluding hydrogens is 368 g/mol. The Bertz CT molecular complexity index is 1120. The Morgan fingerprint density at radius 3 is 2.76 bits per heavy atom. The van der Waals surface area contributed by atoms with Gasteiger partial charge in [0, 0.05) is 41.0 Å². The topological polar surface area (TPSA) is 105 Å². The van der Waals surface area contributed by atoms with E-state index in [9.17, 15) is 9.59 Å². The molecule has 0 radical (unpaired) electrons. The van der Waals surface area contributed by atoms with Crippen molar-refractivity contribution in [1.29, 1.82) is 5.26 Å². The highest BCUT2D eigenvalue weighted by Crippen LogP contribution is 2.22. The molecule has 2 aromatic heterocycles. The first-order chi connectivity index (χ1) is 14.0. The van der Waals surface area contributed by atoms with Gasteiger partial charge in [0.15, 0.2) is 0 Å². The third kappa shape index (κ3) is 4.90. The summed E-state index contributed by atoms with van der Waals surface area (Å²) in [5.41, 5.74) is 8.32. The summed E-state index contributed by atoms with van der Waals surface area (Å²) < 4.78 is 3.56. The second-order valence-corrected chi connectivity index (χ2v) is 6.66. The van der Waals surface area contributed by atoms with E-state index >= 15 is 0 Å². The number of hydrogen-bond acceptors (Lipinski definition) is 4. The Hall–Kier alpha value is -3.86. The van der Waals surface area contributed by atoms with Crippen LogP contribution in [0.15, 0.2) is 42.6 Å². The molecule has 148 valence electrons. The highest BCUT2D eigenvalue weighted by Gasteiger charge is 2.09. The number of aryl methyl sites for hydroxylation is 3. The number of benzene rings is 1. The predicted molar refractivity (Wildman–Crippen MR) is 109 cm³/mol. The molecule has 0 bridgehead atoms. The Morgan fingerprint density at radius 2 is 2.03 bits per heavy atom. The lowest BCUT2D eigenvalue weighted by atomic mass is 10.1. The monoisotopic (exact) mass is 390 g/mol. The number of amides is 2. The van der Waals surface area contributed by atoms with Crippen molar-refractivity contribution in [3.63, 3.8) is 0 Å². The van der Waals surface area contributed by atoms with Crippen LogP contribution >= 0.6 is 0 Å². The molecule has 0 saturated carbocycles. The Labute approximate surface area is 168 Å². The van der Waals surface area contributed by atoms with Crippen molar-refractivity contribution >= 4 is 28.8 Å². The van der Waals surface area contributed by atoms with Crippen LogP contribution in [-0.2, 0) is 22.7 Å². The maximum Gasteiger partial charge on any atom is 0.262 e. The third-order valence-corrected chi connectivity index (χ3v) is 4.42. The van der Waals surface area contributed by atoms with Gasteiger partial charge in [-0.05, 0) is 32.1 Å². The highest BCUT2D eigenvalue weighted by molar-refractivity contribution is 5.97. The van der Waals surface area contributed by atoms with Gasteiger partial charge in [-0.15, -0.1) is 0 Å². The molecular formula is C21H22N6O2. The maximum absolute atomic E-state index is 12.1. The van der Waals surface area contributed by atoms with Crippen molar-refractivity contribution in [1.82, 2.24) is 25.2 Å². The fourth-order valence-corrected chi connectivity index (χ4v) is 3.11. The molecule has 0 fully saturated rings. The zero-order valence-corrected chi connectivity index (χ0v) is 16.3. The zero-order valence-electron chi connectivity index (χ0n) is 16.3. The number of nitrogens with zero attached hydrogens (tertiary/aromatic N) is 4. The molecule has 2 amide bonds. The summed E-state index contributed by atoms with van der Waals surface area (Å²) in [7, 11) is 0. The quantitative estimate of drug-likeness (QED) is 0.497. The van der Waals surface area contributed by atoms with Crippen LogP contribution < -0.4 is 10.9 Å². The average Bonchev–Trinajstić information content (AvgIpc) is 3.22. The van der Waals surface area contributed by atoms with E-state index in [1.165, 1.54) is 6.08 Å². The van der Waals surface area contributed by atoms with E-state index in [-0.39, 0.29) is 12.5 Å². The van der Waals surface area contributed by atoms with Crippen molar-refractivity contribution in [2.24, 2.45) is 0 Å². The zero-order chi connectivity index (χ0) is 20.8. The van der Waals surface area contributed by atoms with Crippen molar-refractivity contribution in [3.8, 4) is 6.07 Å². The van der Waals surface area contributed by atoms with Gasteiger partial charge in [0.05, 0.1) is 18.2 Å². The van der Waals surface area contributed by atoms with Crippen molar-refractivity contribution < 1.29 is 9.59 Å². The minimum atomic E-state index is -0.444. The first-order valence-corrected chi connectivity index (χ1v) is 9.20. The minimum absolute atomic E-state index is 0.0239. The number of para-hydroxylation sites is 1. The SMILES string of the molecule is Cc1cc(C)n(CC(=O)NNC(=O)/C=C/c2cn(CCC#N)c3ccccc23)n1. The van der Waals surface area contributed by atoms with Gasteiger partial charge in [-0.1, -0.05) is 18.2 Å². The second-order valence-electron chi connectivity index (χ2n) is 6.66. The molecule has 0 aliphatic rings. The van der Waals surface area contributed by atoms with Crippen LogP contribution in [0, 0.1) is 25.2 Å². The van der Waals surface area contributed by atoms with Gasteiger partial charge in [-0.3, -0.25) is 25.1 Å². The predicted octanol–water partition coefficient (Wildman–Crippen LogP) is 2.23. The van der Waals surface area contributed by atoms with Gasteiger partial charge in [0.25, 0.3) is 11.8 Å². The molecule has 0 saturated heterocycles. The van der Waals surface area contributed by atoms with Gasteiger partial charge >= 0.3 is 0 Å². The number of fused-ring (bicyclic) bond motifs is 1. The number of carbonyl (C=O) groups excluding carboxylic acids is 2. The molecule has 29 heavy (non-hydrogen) atoms. The van der Waals surface area contributed by atoms with E-state index in [4.69, 9.17) is 5.26 Å². The Morgan fingerprint density at radius 1 is 1.24 bits per heavy atom.